The number of carboxylic acid groups (broad SMARTS) is 1. The minimum Gasteiger partial charge on any atom is -0.497 e. The minimum atomic E-state index is -1.15. The summed E-state index contributed by atoms with van der Waals surface area (Å²) in [6, 6.07) is 9.84. The van der Waals surface area contributed by atoms with E-state index < -0.39 is 5.97 Å². The van der Waals surface area contributed by atoms with Gasteiger partial charge in [0.2, 0.25) is 0 Å². The molecule has 0 unspecified atom stereocenters. The molecule has 150 valence electrons. The van der Waals surface area contributed by atoms with E-state index in [0.29, 0.717) is 30.2 Å². The lowest BCUT2D eigenvalue weighted by Gasteiger charge is -2.12. The number of hydrogen-bond acceptors (Lipinski definition) is 6. The highest BCUT2D eigenvalue weighted by Crippen LogP contribution is 2.27. The van der Waals surface area contributed by atoms with Crippen LogP contribution in [0.3, 0.4) is 0 Å². The van der Waals surface area contributed by atoms with Gasteiger partial charge in [0.15, 0.2) is 18.1 Å². The van der Waals surface area contributed by atoms with E-state index >= 15 is 0 Å². The van der Waals surface area contributed by atoms with Crippen LogP contribution in [0.5, 0.6) is 23.0 Å². The first-order chi connectivity index (χ1) is 13.5. The van der Waals surface area contributed by atoms with Gasteiger partial charge >= 0.3 is 5.97 Å². The van der Waals surface area contributed by atoms with Crippen LogP contribution < -0.4 is 24.3 Å². The maximum atomic E-state index is 12.0. The lowest BCUT2D eigenvalue weighted by atomic mass is 10.1. The van der Waals surface area contributed by atoms with Crippen LogP contribution in [0.1, 0.15) is 15.9 Å². The molecule has 0 spiro atoms. The highest BCUT2D eigenvalue weighted by atomic mass is 16.5. The van der Waals surface area contributed by atoms with E-state index in [-0.39, 0.29) is 23.8 Å². The van der Waals surface area contributed by atoms with Gasteiger partial charge in [-0.05, 0) is 36.2 Å². The van der Waals surface area contributed by atoms with Crippen LogP contribution in [0.2, 0.25) is 0 Å². The van der Waals surface area contributed by atoms with Crippen molar-refractivity contribution in [3.05, 3.63) is 47.5 Å². The van der Waals surface area contributed by atoms with Crippen molar-refractivity contribution in [1.82, 2.24) is 5.32 Å². The summed E-state index contributed by atoms with van der Waals surface area (Å²) in [6.45, 7) is 0.0843. The van der Waals surface area contributed by atoms with Gasteiger partial charge in [0.05, 0.1) is 21.3 Å². The molecule has 0 radical (unpaired) electrons. The molecule has 2 aromatic carbocycles. The zero-order chi connectivity index (χ0) is 20.5. The Morgan fingerprint density at radius 1 is 0.929 bits per heavy atom. The smallest absolute Gasteiger partial charge is 0.339 e. The number of rotatable bonds is 10. The zero-order valence-electron chi connectivity index (χ0n) is 16.0. The molecule has 0 heterocycles. The average molecular weight is 389 g/mol. The lowest BCUT2D eigenvalue weighted by molar-refractivity contribution is -0.123. The molecule has 0 saturated carbocycles. The summed E-state index contributed by atoms with van der Waals surface area (Å²) >= 11 is 0. The van der Waals surface area contributed by atoms with E-state index in [1.807, 2.05) is 12.1 Å². The first kappa shape index (κ1) is 20.9. The molecule has 2 rings (SSSR count). The monoisotopic (exact) mass is 389 g/mol. The number of nitrogens with one attached hydrogen (secondary N) is 1. The minimum absolute atomic E-state index is 0.0427. The fourth-order valence-electron chi connectivity index (χ4n) is 2.50. The lowest BCUT2D eigenvalue weighted by Crippen LogP contribution is -2.30. The van der Waals surface area contributed by atoms with Gasteiger partial charge in [0.25, 0.3) is 5.91 Å². The Morgan fingerprint density at radius 3 is 2.32 bits per heavy atom. The maximum Gasteiger partial charge on any atom is 0.339 e. The van der Waals surface area contributed by atoms with Gasteiger partial charge in [-0.1, -0.05) is 6.07 Å². The Morgan fingerprint density at radius 2 is 1.68 bits per heavy atom. The molecule has 0 aliphatic rings. The Labute approximate surface area is 163 Å². The number of aromatic carboxylic acids is 1. The quantitative estimate of drug-likeness (QED) is 0.642. The second-order valence-electron chi connectivity index (χ2n) is 5.75. The van der Waals surface area contributed by atoms with Gasteiger partial charge < -0.3 is 29.4 Å². The van der Waals surface area contributed by atoms with Gasteiger partial charge in [-0.3, -0.25) is 4.79 Å². The summed E-state index contributed by atoms with van der Waals surface area (Å²) in [4.78, 5) is 23.3. The van der Waals surface area contributed by atoms with Gasteiger partial charge in [0, 0.05) is 12.6 Å². The van der Waals surface area contributed by atoms with E-state index in [1.54, 1.807) is 20.3 Å². The molecular formula is C20H23NO7. The van der Waals surface area contributed by atoms with Crippen molar-refractivity contribution in [1.29, 1.82) is 0 Å². The Hall–Kier alpha value is -3.42. The SMILES string of the molecule is COc1ccc(C(=O)O)c(OCC(=O)NCCc2ccc(OC)c(OC)c2)c1. The van der Waals surface area contributed by atoms with Crippen molar-refractivity contribution < 1.29 is 33.6 Å². The van der Waals surface area contributed by atoms with Crippen molar-refractivity contribution in [3.8, 4) is 23.0 Å². The molecule has 0 aliphatic heterocycles. The van der Waals surface area contributed by atoms with Crippen LogP contribution in [-0.2, 0) is 11.2 Å². The molecule has 0 saturated heterocycles. The summed E-state index contributed by atoms with van der Waals surface area (Å²) in [6.07, 6.45) is 0.589. The van der Waals surface area contributed by atoms with Crippen molar-refractivity contribution in [2.24, 2.45) is 0 Å². The van der Waals surface area contributed by atoms with E-state index in [1.165, 1.54) is 25.3 Å². The van der Waals surface area contributed by atoms with Crippen LogP contribution >= 0.6 is 0 Å². The fourth-order valence-corrected chi connectivity index (χ4v) is 2.50. The molecule has 0 fully saturated rings. The summed E-state index contributed by atoms with van der Waals surface area (Å²) in [5.41, 5.74) is 0.929. The third kappa shape index (κ3) is 5.54. The van der Waals surface area contributed by atoms with Crippen molar-refractivity contribution in [2.75, 3.05) is 34.5 Å². The van der Waals surface area contributed by atoms with E-state index in [4.69, 9.17) is 18.9 Å². The van der Waals surface area contributed by atoms with Gasteiger partial charge in [0.1, 0.15) is 17.1 Å². The van der Waals surface area contributed by atoms with Gasteiger partial charge in [-0.15, -0.1) is 0 Å². The molecule has 28 heavy (non-hydrogen) atoms. The standard InChI is InChI=1S/C20H23NO7/c1-25-14-5-6-15(20(23)24)17(11-14)28-12-19(22)21-9-8-13-4-7-16(26-2)18(10-13)27-3/h4-7,10-11H,8-9,12H2,1-3H3,(H,21,22)(H,23,24). The van der Waals surface area contributed by atoms with Crippen LogP contribution in [0.25, 0.3) is 0 Å². The second kappa shape index (κ2) is 10.1. The molecule has 0 bridgehead atoms. The number of benzene rings is 2. The summed E-state index contributed by atoms with van der Waals surface area (Å²) in [5.74, 6) is 0.256. The Bertz CT molecular complexity index is 835. The van der Waals surface area contributed by atoms with E-state index in [9.17, 15) is 14.7 Å². The first-order valence-electron chi connectivity index (χ1n) is 8.50. The molecule has 1 amide bonds. The van der Waals surface area contributed by atoms with E-state index in [2.05, 4.69) is 5.32 Å². The van der Waals surface area contributed by atoms with Crippen LogP contribution in [0.4, 0.5) is 0 Å². The number of amides is 1. The molecular weight excluding hydrogens is 366 g/mol. The average Bonchev–Trinajstić information content (AvgIpc) is 2.71. The molecule has 8 heteroatoms. The summed E-state index contributed by atoms with van der Waals surface area (Å²) in [5, 5.41) is 11.9. The molecule has 2 N–H and O–H groups in total. The number of ether oxygens (including phenoxy) is 4. The van der Waals surface area contributed by atoms with Gasteiger partial charge in [-0.25, -0.2) is 4.79 Å². The maximum absolute atomic E-state index is 12.0. The van der Waals surface area contributed by atoms with Crippen LogP contribution in [0.15, 0.2) is 36.4 Å². The molecule has 0 aromatic heterocycles. The molecule has 2 aromatic rings. The predicted molar refractivity (Wildman–Crippen MR) is 102 cm³/mol. The topological polar surface area (TPSA) is 103 Å². The largest absolute Gasteiger partial charge is 0.497 e. The highest BCUT2D eigenvalue weighted by Gasteiger charge is 2.14. The van der Waals surface area contributed by atoms with E-state index in [0.717, 1.165) is 5.56 Å². The van der Waals surface area contributed by atoms with Crippen LogP contribution in [-0.4, -0.2) is 51.5 Å². The van der Waals surface area contributed by atoms with Gasteiger partial charge in [-0.2, -0.15) is 0 Å². The van der Waals surface area contributed by atoms with Crippen molar-refractivity contribution >= 4 is 11.9 Å². The number of carbonyl (C=O) groups excluding carboxylic acids is 1. The Balaban J connectivity index is 1.87. The zero-order valence-corrected chi connectivity index (χ0v) is 16.0. The molecule has 8 nitrogen and oxygen atoms in total. The van der Waals surface area contributed by atoms with Crippen molar-refractivity contribution in [3.63, 3.8) is 0 Å². The number of carboxylic acids is 1. The normalized spacial score (nSPS) is 10.1. The molecule has 0 atom stereocenters. The third-order valence-corrected chi connectivity index (χ3v) is 3.96. The second-order valence-corrected chi connectivity index (χ2v) is 5.75. The number of hydrogen-bond donors (Lipinski definition) is 2. The van der Waals surface area contributed by atoms with Crippen LogP contribution in [0, 0.1) is 0 Å². The Kier molecular flexibility index (Phi) is 7.50. The number of methoxy groups -OCH3 is 3. The molecule has 0 aliphatic carbocycles. The third-order valence-electron chi connectivity index (χ3n) is 3.96. The summed E-state index contributed by atoms with van der Waals surface area (Å²) in [7, 11) is 4.58. The summed E-state index contributed by atoms with van der Waals surface area (Å²) < 4.78 is 20.9. The highest BCUT2D eigenvalue weighted by molar-refractivity contribution is 5.91. The first-order valence-corrected chi connectivity index (χ1v) is 8.50. The fraction of sp³-hybridized carbons (Fsp3) is 0.300. The number of carbonyl (C=O) groups is 2. The van der Waals surface area contributed by atoms with Crippen molar-refractivity contribution in [2.45, 2.75) is 6.42 Å². The predicted octanol–water partition coefficient (Wildman–Crippen LogP) is 2.15.